The molecule has 3 fully saturated rings. The van der Waals surface area contributed by atoms with Crippen molar-refractivity contribution in [1.29, 1.82) is 0 Å². The summed E-state index contributed by atoms with van der Waals surface area (Å²) in [5.74, 6) is 6.79. The van der Waals surface area contributed by atoms with Crippen LogP contribution in [-0.2, 0) is 0 Å². The molecule has 0 aromatic carbocycles. The Labute approximate surface area is 241 Å². The topological polar surface area (TPSA) is 49.3 Å². The maximum absolute atomic E-state index is 11.1. The number of nitrogens with one attached hydrogen (secondary N) is 1. The van der Waals surface area contributed by atoms with Crippen molar-refractivity contribution in [3.8, 4) is 0 Å². The van der Waals surface area contributed by atoms with Gasteiger partial charge in [0, 0.05) is 6.54 Å². The maximum Gasteiger partial charge on any atom is 0.404 e. The van der Waals surface area contributed by atoms with E-state index in [4.69, 9.17) is 5.11 Å². The lowest BCUT2D eigenvalue weighted by Gasteiger charge is -2.59. The molecule has 39 heavy (non-hydrogen) atoms. The lowest BCUT2D eigenvalue weighted by Crippen LogP contribution is -2.50. The molecule has 4 aliphatic carbocycles. The summed E-state index contributed by atoms with van der Waals surface area (Å²) in [6.45, 7) is 15.6. The molecular formula is C36H63NO2. The van der Waals surface area contributed by atoms with Crippen LogP contribution in [0.4, 0.5) is 4.79 Å². The molecule has 2 N–H and O–H groups in total. The molecule has 3 saturated carbocycles. The van der Waals surface area contributed by atoms with Crippen LogP contribution in [0.5, 0.6) is 0 Å². The number of carboxylic acid groups (broad SMARTS) is 1. The van der Waals surface area contributed by atoms with Crippen molar-refractivity contribution in [3.63, 3.8) is 0 Å². The lowest BCUT2D eigenvalue weighted by molar-refractivity contribution is -0.0545. The fraction of sp³-hybridized carbons (Fsp3) is 0.917. The summed E-state index contributed by atoms with van der Waals surface area (Å²) in [5.41, 5.74) is 2.78. The van der Waals surface area contributed by atoms with E-state index < -0.39 is 6.09 Å². The molecule has 9 atom stereocenters. The summed E-state index contributed by atoms with van der Waals surface area (Å²) in [7, 11) is 0. The zero-order valence-electron chi connectivity index (χ0n) is 26.6. The first-order chi connectivity index (χ1) is 18.6. The van der Waals surface area contributed by atoms with Crippen molar-refractivity contribution in [2.24, 2.45) is 58.2 Å². The van der Waals surface area contributed by atoms with Gasteiger partial charge in [-0.15, -0.1) is 0 Å². The number of amides is 1. The highest BCUT2D eigenvalue weighted by Gasteiger charge is 2.59. The van der Waals surface area contributed by atoms with E-state index >= 15 is 0 Å². The van der Waals surface area contributed by atoms with Gasteiger partial charge in [0.25, 0.3) is 0 Å². The third kappa shape index (κ3) is 6.74. The van der Waals surface area contributed by atoms with Gasteiger partial charge in [-0.2, -0.15) is 0 Å². The second-order valence-electron chi connectivity index (χ2n) is 15.6. The second-order valence-corrected chi connectivity index (χ2v) is 15.6. The van der Waals surface area contributed by atoms with E-state index in [1.807, 2.05) is 0 Å². The van der Waals surface area contributed by atoms with Crippen molar-refractivity contribution in [2.45, 2.75) is 144 Å². The zero-order valence-corrected chi connectivity index (χ0v) is 26.6. The number of carbonyl (C=O) groups is 1. The Hall–Kier alpha value is -0.990. The third-order valence-corrected chi connectivity index (χ3v) is 13.0. The van der Waals surface area contributed by atoms with Crippen LogP contribution in [0, 0.1) is 58.2 Å². The van der Waals surface area contributed by atoms with Crippen LogP contribution in [-0.4, -0.2) is 17.7 Å². The van der Waals surface area contributed by atoms with Gasteiger partial charge in [0.05, 0.1) is 0 Å². The maximum atomic E-state index is 11.1. The van der Waals surface area contributed by atoms with E-state index in [1.54, 1.807) is 5.57 Å². The Morgan fingerprint density at radius 1 is 0.974 bits per heavy atom. The molecule has 4 aliphatic rings. The van der Waals surface area contributed by atoms with Crippen LogP contribution in [0.2, 0.25) is 0 Å². The molecule has 0 aromatic rings. The quantitative estimate of drug-likeness (QED) is 0.180. The molecule has 0 aromatic heterocycles. The van der Waals surface area contributed by atoms with Gasteiger partial charge in [-0.25, -0.2) is 4.79 Å². The number of rotatable bonds is 13. The van der Waals surface area contributed by atoms with E-state index in [1.165, 1.54) is 96.3 Å². The van der Waals surface area contributed by atoms with E-state index in [9.17, 15) is 4.79 Å². The Kier molecular flexibility index (Phi) is 10.6. The first-order valence-electron chi connectivity index (χ1n) is 17.3. The van der Waals surface area contributed by atoms with Gasteiger partial charge in [-0.3, -0.25) is 0 Å². The van der Waals surface area contributed by atoms with E-state index in [0.717, 1.165) is 47.8 Å². The minimum absolute atomic E-state index is 0.412. The standard InChI is InChI=1S/C36H63NO2/c1-7-8-9-13-27(20-23-37-34(38)39)28-18-21-35(5)29(24-28)14-15-30-32-17-16-31(26(4)12-10-11-25(2)3)36(32,6)22-19-33(30)35/h14,25-28,30-33,37H,7-13,15-24H2,1-6H3,(H,38,39)/t26-,27?,28+,30+,31-,32+,33+,35+,36-/m1/s1. The van der Waals surface area contributed by atoms with Gasteiger partial charge < -0.3 is 10.4 Å². The third-order valence-electron chi connectivity index (χ3n) is 13.0. The highest BCUT2D eigenvalue weighted by atomic mass is 16.4. The van der Waals surface area contributed by atoms with Gasteiger partial charge >= 0.3 is 6.09 Å². The van der Waals surface area contributed by atoms with Gasteiger partial charge in [0.1, 0.15) is 0 Å². The fourth-order valence-corrected chi connectivity index (χ4v) is 10.8. The molecule has 1 unspecified atom stereocenters. The normalized spacial score (nSPS) is 37.4. The first-order valence-corrected chi connectivity index (χ1v) is 17.3. The lowest BCUT2D eigenvalue weighted by atomic mass is 9.46. The van der Waals surface area contributed by atoms with Crippen molar-refractivity contribution >= 4 is 6.09 Å². The van der Waals surface area contributed by atoms with Crippen LogP contribution in [0.15, 0.2) is 11.6 Å². The first kappa shape index (κ1) is 31.0. The van der Waals surface area contributed by atoms with Crippen LogP contribution in [0.1, 0.15) is 144 Å². The van der Waals surface area contributed by atoms with Crippen molar-refractivity contribution < 1.29 is 9.90 Å². The number of unbranched alkanes of at least 4 members (excludes halogenated alkanes) is 2. The van der Waals surface area contributed by atoms with Gasteiger partial charge in [-0.05, 0) is 116 Å². The molecule has 0 saturated heterocycles. The molecule has 224 valence electrons. The van der Waals surface area contributed by atoms with E-state index in [0.29, 0.717) is 23.3 Å². The van der Waals surface area contributed by atoms with Gasteiger partial charge in [-0.1, -0.05) is 98.1 Å². The summed E-state index contributed by atoms with van der Waals surface area (Å²) in [6.07, 6.45) is 23.4. The molecule has 0 bridgehead atoms. The molecule has 4 rings (SSSR count). The second kappa shape index (κ2) is 13.3. The van der Waals surface area contributed by atoms with Gasteiger partial charge in [0.2, 0.25) is 0 Å². The largest absolute Gasteiger partial charge is 0.465 e. The predicted molar refractivity (Wildman–Crippen MR) is 165 cm³/mol. The molecular weight excluding hydrogens is 478 g/mol. The average molecular weight is 542 g/mol. The summed E-state index contributed by atoms with van der Waals surface area (Å²) in [6, 6.07) is 0. The number of hydrogen-bond donors (Lipinski definition) is 2. The summed E-state index contributed by atoms with van der Waals surface area (Å²) >= 11 is 0. The molecule has 3 nitrogen and oxygen atoms in total. The minimum atomic E-state index is -0.872. The van der Waals surface area contributed by atoms with Gasteiger partial charge in [0.15, 0.2) is 0 Å². The minimum Gasteiger partial charge on any atom is -0.465 e. The SMILES string of the molecule is CCCCCC(CCNC(=O)O)[C@H]1CC[C@@]2(C)C(=CC[C@H]3[C@@H]4CC[C@H]([C@H](C)CCCC(C)C)[C@@]4(C)CC[C@@H]32)C1. The highest BCUT2D eigenvalue weighted by Crippen LogP contribution is 2.67. The average Bonchev–Trinajstić information content (AvgIpc) is 3.24. The predicted octanol–water partition coefficient (Wildman–Crippen LogP) is 10.5. The number of fused-ring (bicyclic) bond motifs is 5. The Balaban J connectivity index is 1.42. The van der Waals surface area contributed by atoms with Crippen LogP contribution in [0.3, 0.4) is 0 Å². The van der Waals surface area contributed by atoms with Crippen molar-refractivity contribution in [3.05, 3.63) is 11.6 Å². The number of allylic oxidation sites excluding steroid dienone is 2. The monoisotopic (exact) mass is 541 g/mol. The fourth-order valence-electron chi connectivity index (χ4n) is 10.8. The Bertz CT molecular complexity index is 834. The summed E-state index contributed by atoms with van der Waals surface area (Å²) < 4.78 is 0. The molecule has 0 radical (unpaired) electrons. The smallest absolute Gasteiger partial charge is 0.404 e. The van der Waals surface area contributed by atoms with E-state index in [2.05, 4.69) is 52.9 Å². The Morgan fingerprint density at radius 2 is 1.77 bits per heavy atom. The van der Waals surface area contributed by atoms with Crippen LogP contribution >= 0.6 is 0 Å². The van der Waals surface area contributed by atoms with E-state index in [-0.39, 0.29) is 0 Å². The number of hydrogen-bond acceptors (Lipinski definition) is 1. The molecule has 0 heterocycles. The zero-order chi connectivity index (χ0) is 28.2. The van der Waals surface area contributed by atoms with Crippen LogP contribution < -0.4 is 5.32 Å². The Morgan fingerprint density at radius 3 is 2.49 bits per heavy atom. The highest BCUT2D eigenvalue weighted by molar-refractivity contribution is 5.64. The van der Waals surface area contributed by atoms with Crippen LogP contribution in [0.25, 0.3) is 0 Å². The van der Waals surface area contributed by atoms with Crippen molar-refractivity contribution in [1.82, 2.24) is 5.32 Å². The molecule has 0 spiro atoms. The summed E-state index contributed by atoms with van der Waals surface area (Å²) in [5, 5.41) is 11.8. The van der Waals surface area contributed by atoms with Crippen molar-refractivity contribution in [2.75, 3.05) is 6.54 Å². The summed E-state index contributed by atoms with van der Waals surface area (Å²) in [4.78, 5) is 11.1. The molecule has 1 amide bonds. The molecule has 0 aliphatic heterocycles. The molecule has 3 heteroatoms.